The zero-order valence-electron chi connectivity index (χ0n) is 20.0. The number of hydrogen-bond donors (Lipinski definition) is 0. The molecule has 1 unspecified atom stereocenters. The minimum atomic E-state index is -0.581. The maximum absolute atomic E-state index is 12.9. The summed E-state index contributed by atoms with van der Waals surface area (Å²) in [5, 5.41) is 0. The van der Waals surface area contributed by atoms with Gasteiger partial charge in [-0.2, -0.15) is 0 Å². The Bertz CT molecular complexity index is 1200. The fourth-order valence-corrected chi connectivity index (χ4v) is 4.24. The largest absolute Gasteiger partial charge is 0.457 e. The first-order valence-electron chi connectivity index (χ1n) is 11.8. The Balaban J connectivity index is 1.31. The summed E-state index contributed by atoms with van der Waals surface area (Å²) in [7, 11) is 0. The lowest BCUT2D eigenvalue weighted by molar-refractivity contribution is -0.128. The maximum atomic E-state index is 12.9. The number of carbonyl (C=O) groups is 3. The molecule has 180 valence electrons. The average Bonchev–Trinajstić information content (AvgIpc) is 3.23. The van der Waals surface area contributed by atoms with Gasteiger partial charge < -0.3 is 9.47 Å². The van der Waals surface area contributed by atoms with E-state index in [2.05, 4.69) is 0 Å². The molecule has 0 aliphatic carbocycles. The van der Waals surface area contributed by atoms with Gasteiger partial charge in [0.1, 0.15) is 13.2 Å². The van der Waals surface area contributed by atoms with E-state index in [1.54, 1.807) is 6.07 Å². The van der Waals surface area contributed by atoms with Crippen LogP contribution < -0.4 is 0 Å². The van der Waals surface area contributed by atoms with Gasteiger partial charge >= 0.3 is 12.1 Å². The van der Waals surface area contributed by atoms with E-state index in [9.17, 15) is 14.4 Å². The third-order valence-electron chi connectivity index (χ3n) is 6.19. The molecule has 0 saturated carbocycles. The summed E-state index contributed by atoms with van der Waals surface area (Å²) in [6, 6.07) is 22.6. The van der Waals surface area contributed by atoms with Crippen LogP contribution in [-0.2, 0) is 33.7 Å². The van der Waals surface area contributed by atoms with Gasteiger partial charge in [0.25, 0.3) is 0 Å². The third kappa shape index (κ3) is 6.15. The minimum Gasteiger partial charge on any atom is -0.457 e. The SMILES string of the molecule is Cc1ccc(C(=O)OCc2ccc(CC(=O)N3C(=O)OCC3CCc3ccccc3)cc2)c(C)c1. The van der Waals surface area contributed by atoms with E-state index in [1.165, 1.54) is 4.90 Å². The molecule has 1 saturated heterocycles. The van der Waals surface area contributed by atoms with Crippen LogP contribution in [0, 0.1) is 13.8 Å². The Labute approximate surface area is 205 Å². The number of nitrogens with zero attached hydrogens (tertiary/aromatic N) is 1. The van der Waals surface area contributed by atoms with Gasteiger partial charge in [-0.3, -0.25) is 4.79 Å². The number of aryl methyl sites for hydroxylation is 3. The highest BCUT2D eigenvalue weighted by Gasteiger charge is 2.37. The number of ether oxygens (including phenoxy) is 2. The second kappa shape index (κ2) is 11.0. The Morgan fingerprint density at radius 3 is 2.37 bits per heavy atom. The van der Waals surface area contributed by atoms with Crippen molar-refractivity contribution in [3.63, 3.8) is 0 Å². The van der Waals surface area contributed by atoms with Crippen LogP contribution >= 0.6 is 0 Å². The van der Waals surface area contributed by atoms with Gasteiger partial charge in [-0.05, 0) is 55.0 Å². The van der Waals surface area contributed by atoms with E-state index in [1.807, 2.05) is 80.6 Å². The Morgan fingerprint density at radius 2 is 1.66 bits per heavy atom. The predicted octanol–water partition coefficient (Wildman–Crippen LogP) is 5.18. The van der Waals surface area contributed by atoms with E-state index < -0.39 is 6.09 Å². The molecule has 3 aromatic carbocycles. The van der Waals surface area contributed by atoms with Crippen LogP contribution in [-0.4, -0.2) is 35.5 Å². The molecule has 6 nitrogen and oxygen atoms in total. The molecule has 4 rings (SSSR count). The van der Waals surface area contributed by atoms with Gasteiger partial charge in [0.15, 0.2) is 0 Å². The van der Waals surface area contributed by atoms with Crippen LogP contribution in [0.2, 0.25) is 0 Å². The van der Waals surface area contributed by atoms with Crippen LogP contribution in [0.4, 0.5) is 4.79 Å². The standard InChI is InChI=1S/C29H29NO5/c1-20-8-15-26(21(2)16-20)28(32)34-18-24-11-9-23(10-12-24)17-27(31)30-25(19-35-29(30)33)14-13-22-6-4-3-5-7-22/h3-12,15-16,25H,13-14,17-19H2,1-2H3. The number of benzene rings is 3. The molecule has 35 heavy (non-hydrogen) atoms. The van der Waals surface area contributed by atoms with Crippen molar-refractivity contribution in [1.82, 2.24) is 4.90 Å². The van der Waals surface area contributed by atoms with Crippen LogP contribution in [0.25, 0.3) is 0 Å². The molecule has 1 heterocycles. The summed E-state index contributed by atoms with van der Waals surface area (Å²) in [4.78, 5) is 38.8. The first-order chi connectivity index (χ1) is 16.9. The van der Waals surface area contributed by atoms with E-state index in [0.29, 0.717) is 12.0 Å². The molecule has 6 heteroatoms. The smallest absolute Gasteiger partial charge is 0.416 e. The molecule has 3 aromatic rings. The summed E-state index contributed by atoms with van der Waals surface area (Å²) in [6.45, 7) is 4.23. The first-order valence-corrected chi connectivity index (χ1v) is 11.8. The highest BCUT2D eigenvalue weighted by Crippen LogP contribution is 2.20. The molecule has 0 spiro atoms. The number of cyclic esters (lactones) is 1. The van der Waals surface area contributed by atoms with Crippen molar-refractivity contribution in [1.29, 1.82) is 0 Å². The van der Waals surface area contributed by atoms with Crippen molar-refractivity contribution >= 4 is 18.0 Å². The van der Waals surface area contributed by atoms with Gasteiger partial charge in [0.2, 0.25) is 5.91 Å². The second-order valence-corrected chi connectivity index (χ2v) is 8.91. The molecule has 0 aromatic heterocycles. The molecular formula is C29H29NO5. The van der Waals surface area contributed by atoms with Crippen molar-refractivity contribution < 1.29 is 23.9 Å². The fraction of sp³-hybridized carbons (Fsp3) is 0.276. The average molecular weight is 472 g/mol. The number of carbonyl (C=O) groups excluding carboxylic acids is 3. The van der Waals surface area contributed by atoms with Crippen LogP contribution in [0.5, 0.6) is 0 Å². The van der Waals surface area contributed by atoms with Crippen LogP contribution in [0.3, 0.4) is 0 Å². The Morgan fingerprint density at radius 1 is 0.943 bits per heavy atom. The summed E-state index contributed by atoms with van der Waals surface area (Å²) < 4.78 is 10.6. The number of hydrogen-bond acceptors (Lipinski definition) is 5. The van der Waals surface area contributed by atoms with E-state index in [4.69, 9.17) is 9.47 Å². The zero-order chi connectivity index (χ0) is 24.8. The normalized spacial score (nSPS) is 15.1. The van der Waals surface area contributed by atoms with Gasteiger partial charge in [-0.15, -0.1) is 0 Å². The highest BCUT2D eigenvalue weighted by molar-refractivity contribution is 5.94. The second-order valence-electron chi connectivity index (χ2n) is 8.91. The monoisotopic (exact) mass is 471 g/mol. The molecular weight excluding hydrogens is 442 g/mol. The Kier molecular flexibility index (Phi) is 7.60. The van der Waals surface area contributed by atoms with Gasteiger partial charge in [0.05, 0.1) is 18.0 Å². The van der Waals surface area contributed by atoms with Crippen molar-refractivity contribution in [3.05, 3.63) is 106 Å². The molecule has 1 fully saturated rings. The first kappa shape index (κ1) is 24.2. The molecule has 0 bridgehead atoms. The Hall–Kier alpha value is -3.93. The van der Waals surface area contributed by atoms with Crippen LogP contribution in [0.15, 0.2) is 72.8 Å². The van der Waals surface area contributed by atoms with E-state index in [0.717, 1.165) is 34.2 Å². The predicted molar refractivity (Wildman–Crippen MR) is 132 cm³/mol. The topological polar surface area (TPSA) is 72.9 Å². The van der Waals surface area contributed by atoms with Gasteiger partial charge in [-0.25, -0.2) is 14.5 Å². The molecule has 0 N–H and O–H groups in total. The number of imide groups is 1. The van der Waals surface area contributed by atoms with Crippen molar-refractivity contribution in [3.8, 4) is 0 Å². The van der Waals surface area contributed by atoms with E-state index in [-0.39, 0.29) is 37.6 Å². The quantitative estimate of drug-likeness (QED) is 0.423. The number of esters is 1. The molecule has 1 atom stereocenters. The molecule has 1 aliphatic rings. The van der Waals surface area contributed by atoms with Crippen molar-refractivity contribution in [2.45, 2.75) is 45.8 Å². The molecule has 0 radical (unpaired) electrons. The van der Waals surface area contributed by atoms with Crippen molar-refractivity contribution in [2.75, 3.05) is 6.61 Å². The lowest BCUT2D eigenvalue weighted by Crippen LogP contribution is -2.40. The fourth-order valence-electron chi connectivity index (χ4n) is 4.24. The maximum Gasteiger partial charge on any atom is 0.416 e. The summed E-state index contributed by atoms with van der Waals surface area (Å²) in [6.07, 6.45) is 0.941. The van der Waals surface area contributed by atoms with Gasteiger partial charge in [0, 0.05) is 0 Å². The van der Waals surface area contributed by atoms with E-state index >= 15 is 0 Å². The zero-order valence-corrected chi connectivity index (χ0v) is 20.0. The van der Waals surface area contributed by atoms with Gasteiger partial charge in [-0.1, -0.05) is 72.3 Å². The summed E-state index contributed by atoms with van der Waals surface area (Å²) >= 11 is 0. The number of amides is 2. The number of rotatable bonds is 8. The van der Waals surface area contributed by atoms with Crippen molar-refractivity contribution in [2.24, 2.45) is 0 Å². The van der Waals surface area contributed by atoms with Crippen LogP contribution in [0.1, 0.15) is 44.6 Å². The lowest BCUT2D eigenvalue weighted by Gasteiger charge is -2.19. The summed E-state index contributed by atoms with van der Waals surface area (Å²) in [5.74, 6) is -0.643. The highest BCUT2D eigenvalue weighted by atomic mass is 16.6. The third-order valence-corrected chi connectivity index (χ3v) is 6.19. The summed E-state index contributed by atoms with van der Waals surface area (Å²) in [5.41, 5.74) is 5.28. The minimum absolute atomic E-state index is 0.0968. The lowest BCUT2D eigenvalue weighted by atomic mass is 10.0. The molecule has 1 aliphatic heterocycles. The molecule has 2 amide bonds.